The summed E-state index contributed by atoms with van der Waals surface area (Å²) in [6.07, 6.45) is 1.51. The molecule has 1 aromatic rings. The number of methoxy groups -OCH3 is 2. The molecule has 0 saturated heterocycles. The van der Waals surface area contributed by atoms with E-state index in [1.165, 1.54) is 5.56 Å². The molecule has 0 fully saturated rings. The van der Waals surface area contributed by atoms with E-state index in [9.17, 15) is 0 Å². The number of hydrogen-bond acceptors (Lipinski definition) is 2. The topological polar surface area (TPSA) is 18.5 Å². The molecule has 1 aromatic carbocycles. The second-order valence-electron chi connectivity index (χ2n) is 2.73. The smallest absolute Gasteiger partial charge is 0.160 e. The monoisotopic (exact) mass is 176 g/mol. The van der Waals surface area contributed by atoms with Crippen LogP contribution in [-0.2, 0) is 6.42 Å². The molecule has 0 aromatic heterocycles. The first kappa shape index (κ1) is 9.97. The summed E-state index contributed by atoms with van der Waals surface area (Å²) in [7, 11) is 8.71. The van der Waals surface area contributed by atoms with Crippen molar-refractivity contribution in [3.63, 3.8) is 0 Å². The zero-order valence-electron chi connectivity index (χ0n) is 8.04. The highest BCUT2D eigenvalue weighted by atomic mass is 16.5. The molecule has 0 aliphatic carbocycles. The summed E-state index contributed by atoms with van der Waals surface area (Å²) in [6, 6.07) is 5.84. The summed E-state index contributed by atoms with van der Waals surface area (Å²) in [4.78, 5) is 0. The molecular weight excluding hydrogens is 163 g/mol. The molecule has 2 radical (unpaired) electrons. The van der Waals surface area contributed by atoms with Gasteiger partial charge in [0.25, 0.3) is 0 Å². The number of benzene rings is 1. The first-order valence-corrected chi connectivity index (χ1v) is 4.22. The van der Waals surface area contributed by atoms with E-state index in [1.807, 2.05) is 18.2 Å². The maximum Gasteiger partial charge on any atom is 0.160 e. The number of hydrogen-bond donors (Lipinski definition) is 0. The first-order valence-electron chi connectivity index (χ1n) is 4.22. The summed E-state index contributed by atoms with van der Waals surface area (Å²) in [5.41, 5.74) is 1.17. The zero-order valence-corrected chi connectivity index (χ0v) is 8.04. The molecule has 0 amide bonds. The van der Waals surface area contributed by atoms with E-state index >= 15 is 0 Å². The molecule has 68 valence electrons. The van der Waals surface area contributed by atoms with Crippen LogP contribution in [0.2, 0.25) is 6.32 Å². The van der Waals surface area contributed by atoms with Gasteiger partial charge in [-0.1, -0.05) is 12.4 Å². The fraction of sp³-hybridized carbons (Fsp3) is 0.400. The van der Waals surface area contributed by atoms with Gasteiger partial charge in [-0.05, 0) is 24.1 Å². The van der Waals surface area contributed by atoms with E-state index in [0.29, 0.717) is 6.32 Å². The molecule has 0 heterocycles. The quantitative estimate of drug-likeness (QED) is 0.651. The summed E-state index contributed by atoms with van der Waals surface area (Å²) < 4.78 is 10.3. The number of aryl methyl sites for hydroxylation is 1. The summed E-state index contributed by atoms with van der Waals surface area (Å²) >= 11 is 0. The third kappa shape index (κ3) is 2.41. The minimum Gasteiger partial charge on any atom is -0.493 e. The average Bonchev–Trinajstić information content (AvgIpc) is 2.18. The van der Waals surface area contributed by atoms with Crippen LogP contribution in [0.4, 0.5) is 0 Å². The predicted octanol–water partition coefficient (Wildman–Crippen LogP) is 1.83. The lowest BCUT2D eigenvalue weighted by molar-refractivity contribution is 0.354. The Kier molecular flexibility index (Phi) is 3.68. The van der Waals surface area contributed by atoms with Crippen LogP contribution in [0.15, 0.2) is 18.2 Å². The van der Waals surface area contributed by atoms with Crippen molar-refractivity contribution in [1.29, 1.82) is 0 Å². The molecule has 13 heavy (non-hydrogen) atoms. The molecule has 0 spiro atoms. The van der Waals surface area contributed by atoms with E-state index in [4.69, 9.17) is 17.3 Å². The second-order valence-corrected chi connectivity index (χ2v) is 2.73. The van der Waals surface area contributed by atoms with Gasteiger partial charge in [0.1, 0.15) is 0 Å². The summed E-state index contributed by atoms with van der Waals surface area (Å²) in [5.74, 6) is 1.51. The van der Waals surface area contributed by atoms with Crippen molar-refractivity contribution in [2.75, 3.05) is 14.2 Å². The maximum absolute atomic E-state index is 5.45. The van der Waals surface area contributed by atoms with Crippen molar-refractivity contribution in [3.05, 3.63) is 23.8 Å². The van der Waals surface area contributed by atoms with E-state index in [2.05, 4.69) is 0 Å². The van der Waals surface area contributed by atoms with E-state index in [0.717, 1.165) is 17.9 Å². The lowest BCUT2D eigenvalue weighted by atomic mass is 9.97. The van der Waals surface area contributed by atoms with Crippen LogP contribution < -0.4 is 9.47 Å². The standard InChI is InChI=1S/C10H13BO2/c1-12-9-4-3-8(5-6-11)7-10(9)13-2/h3-4,7H,5-6H2,1-2H3. The molecule has 0 unspecified atom stereocenters. The van der Waals surface area contributed by atoms with E-state index < -0.39 is 0 Å². The molecule has 0 saturated carbocycles. The van der Waals surface area contributed by atoms with Crippen LogP contribution in [0.5, 0.6) is 11.5 Å². The molecule has 1 rings (SSSR count). The van der Waals surface area contributed by atoms with Crippen molar-refractivity contribution >= 4 is 7.85 Å². The highest BCUT2D eigenvalue weighted by molar-refractivity contribution is 6.08. The van der Waals surface area contributed by atoms with Crippen LogP contribution in [0, 0.1) is 0 Å². The van der Waals surface area contributed by atoms with Crippen LogP contribution in [0.3, 0.4) is 0 Å². The normalized spacial score (nSPS) is 9.69. The highest BCUT2D eigenvalue weighted by Gasteiger charge is 2.02. The molecule has 0 bridgehead atoms. The van der Waals surface area contributed by atoms with Crippen LogP contribution >= 0.6 is 0 Å². The van der Waals surface area contributed by atoms with Gasteiger partial charge in [-0.25, -0.2) is 0 Å². The van der Waals surface area contributed by atoms with Crippen molar-refractivity contribution in [2.45, 2.75) is 12.7 Å². The first-order chi connectivity index (χ1) is 6.31. The van der Waals surface area contributed by atoms with Gasteiger partial charge in [0.15, 0.2) is 11.5 Å². The maximum atomic E-state index is 5.45. The lowest BCUT2D eigenvalue weighted by Crippen LogP contribution is -1.92. The largest absolute Gasteiger partial charge is 0.493 e. The second kappa shape index (κ2) is 4.80. The van der Waals surface area contributed by atoms with Gasteiger partial charge in [0, 0.05) is 0 Å². The Hall–Kier alpha value is -1.12. The molecule has 3 heteroatoms. The highest BCUT2D eigenvalue weighted by Crippen LogP contribution is 2.27. The Morgan fingerprint density at radius 2 is 1.85 bits per heavy atom. The third-order valence-electron chi connectivity index (χ3n) is 1.88. The molecule has 0 atom stereocenters. The summed E-state index contributed by atoms with van der Waals surface area (Å²) in [5, 5.41) is 0. The minimum absolute atomic E-state index is 0.648. The van der Waals surface area contributed by atoms with Gasteiger partial charge in [0.05, 0.1) is 22.1 Å². The van der Waals surface area contributed by atoms with Crippen LogP contribution in [0.1, 0.15) is 5.56 Å². The Balaban J connectivity index is 2.91. The van der Waals surface area contributed by atoms with Crippen molar-refractivity contribution < 1.29 is 9.47 Å². The van der Waals surface area contributed by atoms with E-state index in [1.54, 1.807) is 14.2 Å². The van der Waals surface area contributed by atoms with Gasteiger partial charge < -0.3 is 9.47 Å². The Morgan fingerprint density at radius 3 is 2.38 bits per heavy atom. The zero-order chi connectivity index (χ0) is 9.68. The lowest BCUT2D eigenvalue weighted by Gasteiger charge is -2.08. The Morgan fingerprint density at radius 1 is 1.15 bits per heavy atom. The van der Waals surface area contributed by atoms with E-state index in [-0.39, 0.29) is 0 Å². The molecular formula is C10H13BO2. The average molecular weight is 176 g/mol. The number of rotatable bonds is 4. The van der Waals surface area contributed by atoms with Crippen LogP contribution in [-0.4, -0.2) is 22.1 Å². The Bertz CT molecular complexity index is 274. The van der Waals surface area contributed by atoms with Gasteiger partial charge in [-0.3, -0.25) is 0 Å². The molecule has 2 nitrogen and oxygen atoms in total. The Labute approximate surface area is 80.3 Å². The predicted molar refractivity (Wildman–Crippen MR) is 53.8 cm³/mol. The third-order valence-corrected chi connectivity index (χ3v) is 1.88. The minimum atomic E-state index is 0.648. The van der Waals surface area contributed by atoms with Gasteiger partial charge in [-0.15, -0.1) is 0 Å². The van der Waals surface area contributed by atoms with Crippen molar-refractivity contribution in [2.24, 2.45) is 0 Å². The molecule has 0 aliphatic rings. The van der Waals surface area contributed by atoms with Gasteiger partial charge in [-0.2, -0.15) is 0 Å². The fourth-order valence-electron chi connectivity index (χ4n) is 1.20. The van der Waals surface area contributed by atoms with Gasteiger partial charge in [0.2, 0.25) is 0 Å². The number of ether oxygens (including phenoxy) is 2. The van der Waals surface area contributed by atoms with Gasteiger partial charge >= 0.3 is 0 Å². The van der Waals surface area contributed by atoms with Crippen LogP contribution in [0.25, 0.3) is 0 Å². The fourth-order valence-corrected chi connectivity index (χ4v) is 1.20. The SMILES string of the molecule is [B]CCc1ccc(OC)c(OC)c1. The molecule has 0 N–H and O–H groups in total. The molecule has 0 aliphatic heterocycles. The van der Waals surface area contributed by atoms with Crippen molar-refractivity contribution in [3.8, 4) is 11.5 Å². The summed E-state index contributed by atoms with van der Waals surface area (Å²) in [6.45, 7) is 0. The van der Waals surface area contributed by atoms with Crippen molar-refractivity contribution in [1.82, 2.24) is 0 Å².